The molecule has 0 heterocycles. The molecule has 0 aromatic rings. The van der Waals surface area contributed by atoms with Gasteiger partial charge in [0, 0.05) is 12.7 Å². The molecule has 1 atom stereocenters. The molecule has 0 fully saturated rings. The van der Waals surface area contributed by atoms with Crippen LogP contribution in [0.1, 0.15) is 6.92 Å². The standard InChI is InChI=1S/C8H16N2/c1-4-5-6-8(2)10-7-9-3/h4-6,8-10H,1,7H2,2-3H3/b6-5-. The van der Waals surface area contributed by atoms with Crippen LogP contribution in [0.3, 0.4) is 0 Å². The summed E-state index contributed by atoms with van der Waals surface area (Å²) >= 11 is 0. The highest BCUT2D eigenvalue weighted by Gasteiger charge is 1.89. The van der Waals surface area contributed by atoms with E-state index in [1.165, 1.54) is 0 Å². The summed E-state index contributed by atoms with van der Waals surface area (Å²) in [5.41, 5.74) is 0. The van der Waals surface area contributed by atoms with Crippen LogP contribution in [0, 0.1) is 0 Å². The first-order valence-electron chi connectivity index (χ1n) is 3.48. The molecule has 0 aliphatic heterocycles. The van der Waals surface area contributed by atoms with Crippen LogP contribution in [0.4, 0.5) is 0 Å². The molecule has 0 amide bonds. The topological polar surface area (TPSA) is 24.1 Å². The van der Waals surface area contributed by atoms with Gasteiger partial charge in [0.2, 0.25) is 0 Å². The van der Waals surface area contributed by atoms with Crippen LogP contribution in [0.5, 0.6) is 0 Å². The van der Waals surface area contributed by atoms with Gasteiger partial charge in [-0.3, -0.25) is 5.32 Å². The van der Waals surface area contributed by atoms with Crippen molar-refractivity contribution in [2.45, 2.75) is 13.0 Å². The Kier molecular flexibility index (Phi) is 6.13. The van der Waals surface area contributed by atoms with Crippen LogP contribution in [-0.2, 0) is 0 Å². The number of allylic oxidation sites excluding steroid dienone is 2. The van der Waals surface area contributed by atoms with Crippen LogP contribution < -0.4 is 10.6 Å². The smallest absolute Gasteiger partial charge is 0.0456 e. The first-order chi connectivity index (χ1) is 4.81. The van der Waals surface area contributed by atoms with Gasteiger partial charge in [0.15, 0.2) is 0 Å². The molecule has 0 aromatic carbocycles. The van der Waals surface area contributed by atoms with E-state index in [4.69, 9.17) is 0 Å². The maximum Gasteiger partial charge on any atom is 0.0456 e. The summed E-state index contributed by atoms with van der Waals surface area (Å²) < 4.78 is 0. The summed E-state index contributed by atoms with van der Waals surface area (Å²) in [6.45, 7) is 6.51. The lowest BCUT2D eigenvalue weighted by molar-refractivity contribution is 0.590. The van der Waals surface area contributed by atoms with Gasteiger partial charge >= 0.3 is 0 Å². The molecular weight excluding hydrogens is 124 g/mol. The van der Waals surface area contributed by atoms with E-state index in [1.807, 2.05) is 13.1 Å². The highest BCUT2D eigenvalue weighted by Crippen LogP contribution is 1.82. The zero-order valence-corrected chi connectivity index (χ0v) is 6.72. The molecule has 0 spiro atoms. The highest BCUT2D eigenvalue weighted by atomic mass is 15.0. The summed E-state index contributed by atoms with van der Waals surface area (Å²) in [6.07, 6.45) is 5.77. The van der Waals surface area contributed by atoms with Crippen LogP contribution in [0.2, 0.25) is 0 Å². The fourth-order valence-corrected chi connectivity index (χ4v) is 0.576. The molecule has 0 saturated heterocycles. The third-order valence-electron chi connectivity index (χ3n) is 1.14. The minimum atomic E-state index is 0.408. The van der Waals surface area contributed by atoms with Crippen molar-refractivity contribution < 1.29 is 0 Å². The van der Waals surface area contributed by atoms with Crippen molar-refractivity contribution >= 4 is 0 Å². The molecule has 58 valence electrons. The minimum Gasteiger partial charge on any atom is -0.308 e. The summed E-state index contributed by atoms with van der Waals surface area (Å²) in [5, 5.41) is 6.23. The zero-order valence-electron chi connectivity index (χ0n) is 6.72. The first-order valence-corrected chi connectivity index (χ1v) is 3.48. The van der Waals surface area contributed by atoms with E-state index in [0.717, 1.165) is 6.67 Å². The SMILES string of the molecule is C=C/C=C\C(C)NCNC. The molecule has 0 rings (SSSR count). The third-order valence-corrected chi connectivity index (χ3v) is 1.14. The lowest BCUT2D eigenvalue weighted by Gasteiger charge is -2.06. The third kappa shape index (κ3) is 5.54. The van der Waals surface area contributed by atoms with Crippen molar-refractivity contribution in [2.75, 3.05) is 13.7 Å². The Hall–Kier alpha value is -0.600. The van der Waals surface area contributed by atoms with Crippen molar-refractivity contribution in [1.29, 1.82) is 0 Å². The zero-order chi connectivity index (χ0) is 7.82. The van der Waals surface area contributed by atoms with Gasteiger partial charge in [-0.15, -0.1) is 0 Å². The summed E-state index contributed by atoms with van der Waals surface area (Å²) in [4.78, 5) is 0. The minimum absolute atomic E-state index is 0.408. The molecule has 2 N–H and O–H groups in total. The van der Waals surface area contributed by atoms with E-state index in [1.54, 1.807) is 6.08 Å². The van der Waals surface area contributed by atoms with Crippen molar-refractivity contribution in [2.24, 2.45) is 0 Å². The quantitative estimate of drug-likeness (QED) is 0.437. The fraction of sp³-hybridized carbons (Fsp3) is 0.500. The Morgan fingerprint density at radius 2 is 2.30 bits per heavy atom. The Bertz CT molecular complexity index is 108. The second kappa shape index (κ2) is 6.52. The van der Waals surface area contributed by atoms with Gasteiger partial charge in [-0.1, -0.05) is 24.8 Å². The lowest BCUT2D eigenvalue weighted by Crippen LogP contribution is -2.32. The van der Waals surface area contributed by atoms with Crippen molar-refractivity contribution in [1.82, 2.24) is 10.6 Å². The summed E-state index contributed by atoms with van der Waals surface area (Å²) in [6, 6.07) is 0.408. The molecule has 2 nitrogen and oxygen atoms in total. The van der Waals surface area contributed by atoms with E-state index in [2.05, 4.69) is 30.2 Å². The molecule has 1 unspecified atom stereocenters. The van der Waals surface area contributed by atoms with Crippen LogP contribution in [0.25, 0.3) is 0 Å². The van der Waals surface area contributed by atoms with E-state index >= 15 is 0 Å². The average Bonchev–Trinajstić information content (AvgIpc) is 1.97. The van der Waals surface area contributed by atoms with Gasteiger partial charge in [0.25, 0.3) is 0 Å². The second-order valence-corrected chi connectivity index (χ2v) is 2.14. The summed E-state index contributed by atoms with van der Waals surface area (Å²) in [5.74, 6) is 0. The Morgan fingerprint density at radius 3 is 2.80 bits per heavy atom. The molecule has 2 heteroatoms. The van der Waals surface area contributed by atoms with E-state index in [0.29, 0.717) is 6.04 Å². The first kappa shape index (κ1) is 9.40. The molecule has 0 saturated carbocycles. The fourth-order valence-electron chi connectivity index (χ4n) is 0.576. The van der Waals surface area contributed by atoms with Crippen molar-refractivity contribution in [3.8, 4) is 0 Å². The van der Waals surface area contributed by atoms with Gasteiger partial charge in [-0.2, -0.15) is 0 Å². The van der Waals surface area contributed by atoms with Gasteiger partial charge in [-0.25, -0.2) is 0 Å². The predicted molar refractivity (Wildman–Crippen MR) is 45.9 cm³/mol. The molecule has 0 bridgehead atoms. The molecule has 10 heavy (non-hydrogen) atoms. The number of hydrogen-bond acceptors (Lipinski definition) is 2. The molecule has 0 aliphatic carbocycles. The van der Waals surface area contributed by atoms with Crippen LogP contribution in [0.15, 0.2) is 24.8 Å². The lowest BCUT2D eigenvalue weighted by atomic mass is 10.3. The van der Waals surface area contributed by atoms with Crippen LogP contribution in [-0.4, -0.2) is 19.8 Å². The maximum atomic E-state index is 3.58. The normalized spacial score (nSPS) is 13.8. The van der Waals surface area contributed by atoms with Gasteiger partial charge in [-0.05, 0) is 14.0 Å². The second-order valence-electron chi connectivity index (χ2n) is 2.14. The molecular formula is C8H16N2. The number of nitrogens with one attached hydrogen (secondary N) is 2. The highest BCUT2D eigenvalue weighted by molar-refractivity contribution is 5.01. The number of hydrogen-bond donors (Lipinski definition) is 2. The Labute approximate surface area is 63.0 Å². The van der Waals surface area contributed by atoms with Gasteiger partial charge in [0.05, 0.1) is 0 Å². The predicted octanol–water partition coefficient (Wildman–Crippen LogP) is 0.884. The van der Waals surface area contributed by atoms with E-state index in [-0.39, 0.29) is 0 Å². The molecule has 0 radical (unpaired) electrons. The molecule has 0 aliphatic rings. The van der Waals surface area contributed by atoms with E-state index < -0.39 is 0 Å². The van der Waals surface area contributed by atoms with Crippen molar-refractivity contribution in [3.63, 3.8) is 0 Å². The van der Waals surface area contributed by atoms with Crippen LogP contribution >= 0.6 is 0 Å². The Balaban J connectivity index is 3.32. The number of rotatable bonds is 5. The monoisotopic (exact) mass is 140 g/mol. The van der Waals surface area contributed by atoms with Gasteiger partial charge in [0.1, 0.15) is 0 Å². The molecule has 0 aromatic heterocycles. The summed E-state index contributed by atoms with van der Waals surface area (Å²) in [7, 11) is 1.91. The van der Waals surface area contributed by atoms with E-state index in [9.17, 15) is 0 Å². The largest absolute Gasteiger partial charge is 0.308 e. The van der Waals surface area contributed by atoms with Gasteiger partial charge < -0.3 is 5.32 Å². The average molecular weight is 140 g/mol. The maximum absolute atomic E-state index is 3.58. The van der Waals surface area contributed by atoms with Crippen molar-refractivity contribution in [3.05, 3.63) is 24.8 Å². The Morgan fingerprint density at radius 1 is 1.60 bits per heavy atom.